The van der Waals surface area contributed by atoms with E-state index in [4.69, 9.17) is 4.74 Å². The molecule has 0 aromatic heterocycles. The zero-order valence-corrected chi connectivity index (χ0v) is 19.0. The molecule has 0 radical (unpaired) electrons. The Balaban J connectivity index is 1.15. The predicted molar refractivity (Wildman–Crippen MR) is 120 cm³/mol. The van der Waals surface area contributed by atoms with Gasteiger partial charge in [-0.1, -0.05) is 24.1 Å². The highest BCUT2D eigenvalue weighted by molar-refractivity contribution is 5.79. The molecular weight excluding hydrogens is 392 g/mol. The molecule has 1 saturated carbocycles. The van der Waals surface area contributed by atoms with Gasteiger partial charge < -0.3 is 14.5 Å². The van der Waals surface area contributed by atoms with E-state index in [0.717, 1.165) is 56.6 Å². The molecule has 170 valence electrons. The number of carbonyl (C=O) groups is 2. The van der Waals surface area contributed by atoms with E-state index in [-0.39, 0.29) is 18.4 Å². The van der Waals surface area contributed by atoms with Crippen LogP contribution in [-0.2, 0) is 9.59 Å². The number of carbonyl (C=O) groups excluding carboxylic acids is 2. The smallest absolute Gasteiger partial charge is 0.260 e. The van der Waals surface area contributed by atoms with Gasteiger partial charge in [-0.25, -0.2) is 0 Å². The Hall–Kier alpha value is -2.12. The summed E-state index contributed by atoms with van der Waals surface area (Å²) in [6, 6.07) is 6.74. The fourth-order valence-electron chi connectivity index (χ4n) is 4.73. The van der Waals surface area contributed by atoms with Crippen LogP contribution in [0.25, 0.3) is 0 Å². The summed E-state index contributed by atoms with van der Waals surface area (Å²) in [4.78, 5) is 33.9. The van der Waals surface area contributed by atoms with Crippen LogP contribution in [0.4, 0.5) is 0 Å². The van der Waals surface area contributed by atoms with Crippen molar-refractivity contribution in [2.24, 2.45) is 0 Å². The standard InChI is InChI=1S/C24H36N4O3/c1-19-6-7-22(20(2)16-19)31-18-24(30)28-10-8-25(9-11-28)17-23(29)27-14-12-26(13-15-27)21-4-3-5-21/h6-7,16,21H,3-5,8-15,17-18H2,1-2H3. The Labute approximate surface area is 185 Å². The molecule has 0 bridgehead atoms. The molecule has 2 heterocycles. The summed E-state index contributed by atoms with van der Waals surface area (Å²) in [5, 5.41) is 0. The van der Waals surface area contributed by atoms with Gasteiger partial charge in [0.2, 0.25) is 5.91 Å². The summed E-state index contributed by atoms with van der Waals surface area (Å²) in [7, 11) is 0. The van der Waals surface area contributed by atoms with Crippen LogP contribution in [0.15, 0.2) is 18.2 Å². The first-order valence-corrected chi connectivity index (χ1v) is 11.7. The van der Waals surface area contributed by atoms with Gasteiger partial charge in [0, 0.05) is 58.4 Å². The second-order valence-corrected chi connectivity index (χ2v) is 9.22. The van der Waals surface area contributed by atoms with Crippen LogP contribution in [0.5, 0.6) is 5.75 Å². The van der Waals surface area contributed by atoms with Crippen LogP contribution in [0.3, 0.4) is 0 Å². The Morgan fingerprint density at radius 3 is 2.16 bits per heavy atom. The zero-order valence-electron chi connectivity index (χ0n) is 19.0. The molecular formula is C24H36N4O3. The van der Waals surface area contributed by atoms with Crippen molar-refractivity contribution in [3.8, 4) is 5.75 Å². The van der Waals surface area contributed by atoms with E-state index in [9.17, 15) is 9.59 Å². The van der Waals surface area contributed by atoms with E-state index in [1.807, 2.05) is 35.8 Å². The highest BCUT2D eigenvalue weighted by atomic mass is 16.5. The molecule has 2 amide bonds. The summed E-state index contributed by atoms with van der Waals surface area (Å²) < 4.78 is 5.75. The average Bonchev–Trinajstić information content (AvgIpc) is 2.73. The first-order chi connectivity index (χ1) is 15.0. The normalized spacial score (nSPS) is 21.1. The lowest BCUT2D eigenvalue weighted by Gasteiger charge is -2.43. The minimum absolute atomic E-state index is 0.0121. The first kappa shape index (κ1) is 22.1. The lowest BCUT2D eigenvalue weighted by atomic mass is 9.91. The third-order valence-electron chi connectivity index (χ3n) is 7.02. The maximum Gasteiger partial charge on any atom is 0.260 e. The lowest BCUT2D eigenvalue weighted by molar-refractivity contribution is -0.137. The van der Waals surface area contributed by atoms with Crippen LogP contribution in [0.2, 0.25) is 0 Å². The van der Waals surface area contributed by atoms with E-state index in [0.29, 0.717) is 19.6 Å². The SMILES string of the molecule is Cc1ccc(OCC(=O)N2CCN(CC(=O)N3CCN(C4CCC4)CC3)CC2)c(C)c1. The zero-order chi connectivity index (χ0) is 21.8. The van der Waals surface area contributed by atoms with Crippen molar-refractivity contribution in [3.05, 3.63) is 29.3 Å². The van der Waals surface area contributed by atoms with E-state index in [1.165, 1.54) is 24.8 Å². The molecule has 2 saturated heterocycles. The number of ether oxygens (including phenoxy) is 1. The number of piperazine rings is 2. The third-order valence-corrected chi connectivity index (χ3v) is 7.02. The van der Waals surface area contributed by atoms with Crippen molar-refractivity contribution in [2.45, 2.75) is 39.2 Å². The van der Waals surface area contributed by atoms with Crippen molar-refractivity contribution >= 4 is 11.8 Å². The largest absolute Gasteiger partial charge is 0.484 e. The number of rotatable bonds is 6. The Kier molecular flexibility index (Phi) is 7.13. The number of hydrogen-bond acceptors (Lipinski definition) is 5. The van der Waals surface area contributed by atoms with Crippen molar-refractivity contribution in [1.82, 2.24) is 19.6 Å². The van der Waals surface area contributed by atoms with Gasteiger partial charge >= 0.3 is 0 Å². The summed E-state index contributed by atoms with van der Waals surface area (Å²) in [5.41, 5.74) is 2.23. The average molecular weight is 429 g/mol. The lowest BCUT2D eigenvalue weighted by Crippen LogP contribution is -2.56. The van der Waals surface area contributed by atoms with Crippen LogP contribution in [0, 0.1) is 13.8 Å². The second kappa shape index (κ2) is 10.0. The molecule has 7 nitrogen and oxygen atoms in total. The van der Waals surface area contributed by atoms with Crippen LogP contribution in [-0.4, -0.2) is 103 Å². The van der Waals surface area contributed by atoms with E-state index in [2.05, 4.69) is 15.9 Å². The molecule has 0 spiro atoms. The number of hydrogen-bond donors (Lipinski definition) is 0. The highest BCUT2D eigenvalue weighted by Gasteiger charge is 2.30. The van der Waals surface area contributed by atoms with E-state index in [1.54, 1.807) is 0 Å². The number of nitrogens with zero attached hydrogens (tertiary/aromatic N) is 4. The van der Waals surface area contributed by atoms with Crippen molar-refractivity contribution < 1.29 is 14.3 Å². The Morgan fingerprint density at radius 1 is 0.903 bits per heavy atom. The monoisotopic (exact) mass is 428 g/mol. The van der Waals surface area contributed by atoms with E-state index < -0.39 is 0 Å². The molecule has 1 aliphatic carbocycles. The fraction of sp³-hybridized carbons (Fsp3) is 0.667. The second-order valence-electron chi connectivity index (χ2n) is 9.22. The van der Waals surface area contributed by atoms with Crippen molar-refractivity contribution in [2.75, 3.05) is 65.5 Å². The van der Waals surface area contributed by atoms with Gasteiger partial charge in [0.25, 0.3) is 5.91 Å². The minimum Gasteiger partial charge on any atom is -0.484 e. The van der Waals surface area contributed by atoms with Gasteiger partial charge in [0.15, 0.2) is 6.61 Å². The van der Waals surface area contributed by atoms with Gasteiger partial charge in [-0.05, 0) is 38.3 Å². The number of aryl methyl sites for hydroxylation is 2. The molecule has 0 unspecified atom stereocenters. The Morgan fingerprint density at radius 2 is 1.55 bits per heavy atom. The van der Waals surface area contributed by atoms with Crippen LogP contribution < -0.4 is 4.74 Å². The summed E-state index contributed by atoms with van der Waals surface area (Å²) in [5.74, 6) is 1.00. The highest BCUT2D eigenvalue weighted by Crippen LogP contribution is 2.25. The minimum atomic E-state index is 0.0121. The Bertz CT molecular complexity index is 779. The molecule has 2 aliphatic heterocycles. The van der Waals surface area contributed by atoms with Crippen molar-refractivity contribution in [3.63, 3.8) is 0 Å². The van der Waals surface area contributed by atoms with Gasteiger partial charge in [0.1, 0.15) is 5.75 Å². The number of benzene rings is 1. The molecule has 7 heteroatoms. The van der Waals surface area contributed by atoms with Gasteiger partial charge in [0.05, 0.1) is 6.54 Å². The summed E-state index contributed by atoms with van der Waals surface area (Å²) >= 11 is 0. The molecule has 3 fully saturated rings. The molecule has 1 aromatic carbocycles. The predicted octanol–water partition coefficient (Wildman–Crippen LogP) is 1.52. The van der Waals surface area contributed by atoms with Crippen molar-refractivity contribution in [1.29, 1.82) is 0 Å². The topological polar surface area (TPSA) is 56.3 Å². The fourth-order valence-corrected chi connectivity index (χ4v) is 4.73. The van der Waals surface area contributed by atoms with Gasteiger partial charge in [-0.15, -0.1) is 0 Å². The van der Waals surface area contributed by atoms with Crippen LogP contribution in [0.1, 0.15) is 30.4 Å². The van der Waals surface area contributed by atoms with E-state index >= 15 is 0 Å². The molecule has 4 rings (SSSR count). The molecule has 0 N–H and O–H groups in total. The maximum atomic E-state index is 12.7. The third kappa shape index (κ3) is 5.57. The first-order valence-electron chi connectivity index (χ1n) is 11.7. The molecule has 31 heavy (non-hydrogen) atoms. The molecule has 3 aliphatic rings. The summed E-state index contributed by atoms with van der Waals surface area (Å²) in [6.07, 6.45) is 4.01. The molecule has 1 aromatic rings. The molecule has 0 atom stereocenters. The summed E-state index contributed by atoms with van der Waals surface area (Å²) in [6.45, 7) is 11.1. The van der Waals surface area contributed by atoms with Gasteiger partial charge in [-0.3, -0.25) is 19.4 Å². The number of amides is 2. The van der Waals surface area contributed by atoms with Crippen LogP contribution >= 0.6 is 0 Å². The van der Waals surface area contributed by atoms with Gasteiger partial charge in [-0.2, -0.15) is 0 Å². The quantitative estimate of drug-likeness (QED) is 0.688. The maximum absolute atomic E-state index is 12.7.